The Morgan fingerprint density at radius 2 is 2.00 bits per heavy atom. The van der Waals surface area contributed by atoms with E-state index in [0.29, 0.717) is 12.2 Å². The Balaban J connectivity index is 1.53. The molecule has 0 saturated carbocycles. The van der Waals surface area contributed by atoms with Crippen molar-refractivity contribution >= 4 is 16.8 Å². The maximum absolute atomic E-state index is 12.5. The van der Waals surface area contributed by atoms with Crippen molar-refractivity contribution in [3.63, 3.8) is 0 Å². The fraction of sp³-hybridized carbons (Fsp3) is 0.200. The molecule has 0 unspecified atom stereocenters. The molecule has 2 aromatic carbocycles. The number of nitrogens with one attached hydrogen (secondary N) is 1. The third kappa shape index (κ3) is 2.60. The van der Waals surface area contributed by atoms with Gasteiger partial charge in [-0.25, -0.2) is 0 Å². The van der Waals surface area contributed by atoms with Crippen LogP contribution >= 0.6 is 0 Å². The number of phenolic OH excluding ortho intramolecular Hbond substituents is 1. The quantitative estimate of drug-likeness (QED) is 0.779. The zero-order chi connectivity index (χ0) is 16.5. The van der Waals surface area contributed by atoms with Gasteiger partial charge >= 0.3 is 0 Å². The Bertz CT molecular complexity index is 915. The number of carbonyl (C=O) groups is 1. The normalized spacial score (nSPS) is 16.1. The van der Waals surface area contributed by atoms with Gasteiger partial charge in [0.15, 0.2) is 0 Å². The van der Waals surface area contributed by atoms with Gasteiger partial charge in [-0.15, -0.1) is 0 Å². The SMILES string of the molecule is O=C(Cc1cccc2cccnc12)N[C@H]1CCc2c(O)cccc21. The molecule has 2 N–H and O–H groups in total. The van der Waals surface area contributed by atoms with E-state index < -0.39 is 0 Å². The Labute approximate surface area is 140 Å². The van der Waals surface area contributed by atoms with Gasteiger partial charge < -0.3 is 10.4 Å². The molecule has 0 bridgehead atoms. The third-order valence-electron chi connectivity index (χ3n) is 4.65. The van der Waals surface area contributed by atoms with Crippen LogP contribution in [0.4, 0.5) is 0 Å². The molecule has 120 valence electrons. The van der Waals surface area contributed by atoms with Crippen molar-refractivity contribution < 1.29 is 9.90 Å². The fourth-order valence-electron chi connectivity index (χ4n) is 3.51. The number of aromatic hydroxyl groups is 1. The van der Waals surface area contributed by atoms with E-state index in [0.717, 1.165) is 40.4 Å². The first-order chi connectivity index (χ1) is 11.7. The molecule has 0 fully saturated rings. The summed E-state index contributed by atoms with van der Waals surface area (Å²) in [5.74, 6) is 0.303. The lowest BCUT2D eigenvalue weighted by molar-refractivity contribution is -0.121. The van der Waals surface area contributed by atoms with Gasteiger partial charge in [-0.2, -0.15) is 0 Å². The van der Waals surface area contributed by atoms with Crippen LogP contribution in [0, 0.1) is 0 Å². The summed E-state index contributed by atoms with van der Waals surface area (Å²) in [4.78, 5) is 16.9. The summed E-state index contributed by atoms with van der Waals surface area (Å²) in [7, 11) is 0. The lowest BCUT2D eigenvalue weighted by atomic mass is 10.1. The summed E-state index contributed by atoms with van der Waals surface area (Å²) in [6, 6.07) is 15.3. The number of para-hydroxylation sites is 1. The number of benzene rings is 2. The Kier molecular flexibility index (Phi) is 3.65. The highest BCUT2D eigenvalue weighted by atomic mass is 16.3. The van der Waals surface area contributed by atoms with Crippen LogP contribution in [0.15, 0.2) is 54.7 Å². The number of hydrogen-bond acceptors (Lipinski definition) is 3. The van der Waals surface area contributed by atoms with E-state index in [1.807, 2.05) is 42.5 Å². The smallest absolute Gasteiger partial charge is 0.224 e. The lowest BCUT2D eigenvalue weighted by Crippen LogP contribution is -2.28. The van der Waals surface area contributed by atoms with E-state index in [9.17, 15) is 9.90 Å². The van der Waals surface area contributed by atoms with Gasteiger partial charge in [0, 0.05) is 11.6 Å². The summed E-state index contributed by atoms with van der Waals surface area (Å²) >= 11 is 0. The van der Waals surface area contributed by atoms with Gasteiger partial charge in [-0.05, 0) is 41.7 Å². The van der Waals surface area contributed by atoms with Gasteiger partial charge in [-0.1, -0.05) is 36.4 Å². The molecule has 1 aliphatic carbocycles. The van der Waals surface area contributed by atoms with Gasteiger partial charge in [0.05, 0.1) is 18.0 Å². The molecule has 0 saturated heterocycles. The van der Waals surface area contributed by atoms with Crippen molar-refractivity contribution in [2.75, 3.05) is 0 Å². The van der Waals surface area contributed by atoms with Crippen molar-refractivity contribution in [2.24, 2.45) is 0 Å². The van der Waals surface area contributed by atoms with E-state index in [4.69, 9.17) is 0 Å². The van der Waals surface area contributed by atoms with Gasteiger partial charge in [0.25, 0.3) is 0 Å². The first kappa shape index (κ1) is 14.7. The number of phenols is 1. The minimum absolute atomic E-state index is 0.0191. The minimum atomic E-state index is -0.0254. The van der Waals surface area contributed by atoms with Crippen molar-refractivity contribution in [1.29, 1.82) is 0 Å². The number of pyridine rings is 1. The molecule has 0 radical (unpaired) electrons. The molecule has 0 aliphatic heterocycles. The molecule has 4 nitrogen and oxygen atoms in total. The standard InChI is InChI=1S/C20H18N2O2/c23-18-8-2-7-15-16(18)9-10-17(15)22-19(24)12-14-5-1-4-13-6-3-11-21-20(13)14/h1-8,11,17,23H,9-10,12H2,(H,22,24)/t17-/m0/s1. The van der Waals surface area contributed by atoms with Crippen LogP contribution < -0.4 is 5.32 Å². The number of aromatic nitrogens is 1. The Morgan fingerprint density at radius 3 is 2.92 bits per heavy atom. The summed E-state index contributed by atoms with van der Waals surface area (Å²) in [5.41, 5.74) is 3.79. The van der Waals surface area contributed by atoms with Gasteiger partial charge in [-0.3, -0.25) is 9.78 Å². The topological polar surface area (TPSA) is 62.2 Å². The van der Waals surface area contributed by atoms with E-state index in [2.05, 4.69) is 10.3 Å². The monoisotopic (exact) mass is 318 g/mol. The summed E-state index contributed by atoms with van der Waals surface area (Å²) < 4.78 is 0. The van der Waals surface area contributed by atoms with Gasteiger partial charge in [0.2, 0.25) is 5.91 Å². The Hall–Kier alpha value is -2.88. The highest BCUT2D eigenvalue weighted by molar-refractivity contribution is 5.87. The van der Waals surface area contributed by atoms with Crippen LogP contribution in [-0.2, 0) is 17.6 Å². The van der Waals surface area contributed by atoms with Crippen LogP contribution in [0.3, 0.4) is 0 Å². The molecule has 1 aliphatic rings. The molecule has 24 heavy (non-hydrogen) atoms. The first-order valence-electron chi connectivity index (χ1n) is 8.15. The average Bonchev–Trinajstić information content (AvgIpc) is 2.99. The molecule has 3 aromatic rings. The maximum atomic E-state index is 12.5. The van der Waals surface area contributed by atoms with Gasteiger partial charge in [0.1, 0.15) is 5.75 Å². The second-order valence-electron chi connectivity index (χ2n) is 6.17. The van der Waals surface area contributed by atoms with Crippen molar-refractivity contribution in [2.45, 2.75) is 25.3 Å². The fourth-order valence-corrected chi connectivity index (χ4v) is 3.51. The predicted molar refractivity (Wildman–Crippen MR) is 92.8 cm³/mol. The number of hydrogen-bond donors (Lipinski definition) is 2. The molecule has 4 heteroatoms. The molecule has 0 spiro atoms. The summed E-state index contributed by atoms with van der Waals surface area (Å²) in [6.45, 7) is 0. The Morgan fingerprint density at radius 1 is 1.17 bits per heavy atom. The highest BCUT2D eigenvalue weighted by Crippen LogP contribution is 2.36. The molecule has 1 amide bonds. The summed E-state index contributed by atoms with van der Waals surface area (Å²) in [6.07, 6.45) is 3.67. The second kappa shape index (κ2) is 5.96. The summed E-state index contributed by atoms with van der Waals surface area (Å²) in [5, 5.41) is 14.1. The number of fused-ring (bicyclic) bond motifs is 2. The van der Waals surface area contributed by atoms with Crippen molar-refractivity contribution in [3.05, 3.63) is 71.4 Å². The molecule has 4 rings (SSSR count). The van der Waals surface area contributed by atoms with Crippen molar-refractivity contribution in [3.8, 4) is 5.75 Å². The van der Waals surface area contributed by atoms with Crippen LogP contribution in [0.2, 0.25) is 0 Å². The average molecular weight is 318 g/mol. The van der Waals surface area contributed by atoms with Crippen LogP contribution in [0.5, 0.6) is 5.75 Å². The lowest BCUT2D eigenvalue weighted by Gasteiger charge is -2.15. The van der Waals surface area contributed by atoms with Crippen LogP contribution in [0.25, 0.3) is 10.9 Å². The van der Waals surface area contributed by atoms with E-state index >= 15 is 0 Å². The molecular formula is C20H18N2O2. The zero-order valence-electron chi connectivity index (χ0n) is 13.2. The van der Waals surface area contributed by atoms with E-state index in [-0.39, 0.29) is 11.9 Å². The van der Waals surface area contributed by atoms with Crippen LogP contribution in [0.1, 0.15) is 29.2 Å². The maximum Gasteiger partial charge on any atom is 0.224 e. The first-order valence-corrected chi connectivity index (χ1v) is 8.15. The molecular weight excluding hydrogens is 300 g/mol. The molecule has 1 aromatic heterocycles. The number of rotatable bonds is 3. The number of carbonyl (C=O) groups excluding carboxylic acids is 1. The van der Waals surface area contributed by atoms with Crippen LogP contribution in [-0.4, -0.2) is 16.0 Å². The van der Waals surface area contributed by atoms with E-state index in [1.165, 1.54) is 0 Å². The third-order valence-corrected chi connectivity index (χ3v) is 4.65. The second-order valence-corrected chi connectivity index (χ2v) is 6.17. The largest absolute Gasteiger partial charge is 0.508 e. The minimum Gasteiger partial charge on any atom is -0.508 e. The predicted octanol–water partition coefficient (Wildman–Crippen LogP) is 3.29. The molecule has 1 heterocycles. The highest BCUT2D eigenvalue weighted by Gasteiger charge is 2.25. The zero-order valence-corrected chi connectivity index (χ0v) is 13.2. The van der Waals surface area contributed by atoms with Crippen molar-refractivity contribution in [1.82, 2.24) is 10.3 Å². The number of nitrogens with zero attached hydrogens (tertiary/aromatic N) is 1. The number of amides is 1. The molecule has 1 atom stereocenters. The van der Waals surface area contributed by atoms with E-state index in [1.54, 1.807) is 12.3 Å².